The van der Waals surface area contributed by atoms with Gasteiger partial charge in [-0.05, 0) is 13.0 Å². The van der Waals surface area contributed by atoms with Crippen molar-refractivity contribution in [2.45, 2.75) is 26.1 Å². The SMILES string of the molecule is CCCN(Cc1cnc(NN)cn1)CC(F)(F)F. The molecule has 0 saturated heterocycles. The Bertz CT molecular complexity index is 352. The lowest BCUT2D eigenvalue weighted by molar-refractivity contribution is -0.147. The summed E-state index contributed by atoms with van der Waals surface area (Å²) in [6, 6.07) is 0. The number of rotatable bonds is 6. The van der Waals surface area contributed by atoms with Crippen molar-refractivity contribution in [3.8, 4) is 0 Å². The molecular weight excluding hydrogens is 247 g/mol. The monoisotopic (exact) mass is 263 g/mol. The van der Waals surface area contributed by atoms with Crippen LogP contribution in [0.3, 0.4) is 0 Å². The molecule has 0 saturated carbocycles. The largest absolute Gasteiger partial charge is 0.401 e. The summed E-state index contributed by atoms with van der Waals surface area (Å²) in [4.78, 5) is 9.18. The third-order valence-corrected chi connectivity index (χ3v) is 2.18. The first-order valence-electron chi connectivity index (χ1n) is 5.51. The lowest BCUT2D eigenvalue weighted by Crippen LogP contribution is -2.34. The van der Waals surface area contributed by atoms with Crippen LogP contribution in [0.15, 0.2) is 12.4 Å². The van der Waals surface area contributed by atoms with Gasteiger partial charge in [0.05, 0.1) is 24.6 Å². The molecule has 1 rings (SSSR count). The van der Waals surface area contributed by atoms with Crippen LogP contribution in [0.4, 0.5) is 19.0 Å². The molecule has 0 atom stereocenters. The van der Waals surface area contributed by atoms with Crippen LogP contribution in [-0.4, -0.2) is 34.1 Å². The fourth-order valence-electron chi connectivity index (χ4n) is 1.52. The van der Waals surface area contributed by atoms with E-state index in [-0.39, 0.29) is 6.54 Å². The van der Waals surface area contributed by atoms with Gasteiger partial charge in [0.2, 0.25) is 0 Å². The van der Waals surface area contributed by atoms with Crippen molar-refractivity contribution in [2.75, 3.05) is 18.5 Å². The van der Waals surface area contributed by atoms with Crippen LogP contribution >= 0.6 is 0 Å². The van der Waals surface area contributed by atoms with Crippen LogP contribution in [0.2, 0.25) is 0 Å². The van der Waals surface area contributed by atoms with E-state index < -0.39 is 12.7 Å². The van der Waals surface area contributed by atoms with Gasteiger partial charge in [-0.15, -0.1) is 0 Å². The number of aromatic nitrogens is 2. The zero-order valence-corrected chi connectivity index (χ0v) is 10.0. The summed E-state index contributed by atoms with van der Waals surface area (Å²) in [5.74, 6) is 5.49. The number of nitrogen functional groups attached to an aromatic ring is 1. The number of halogens is 3. The molecule has 5 nitrogen and oxygen atoms in total. The van der Waals surface area contributed by atoms with Crippen LogP contribution in [0, 0.1) is 0 Å². The van der Waals surface area contributed by atoms with E-state index in [0.717, 1.165) is 0 Å². The topological polar surface area (TPSA) is 67.1 Å². The minimum absolute atomic E-state index is 0.116. The van der Waals surface area contributed by atoms with Crippen molar-refractivity contribution in [2.24, 2.45) is 5.84 Å². The van der Waals surface area contributed by atoms with Crippen molar-refractivity contribution < 1.29 is 13.2 Å². The Hall–Kier alpha value is -1.41. The van der Waals surface area contributed by atoms with Crippen molar-refractivity contribution in [3.63, 3.8) is 0 Å². The summed E-state index contributed by atoms with van der Waals surface area (Å²) in [5.41, 5.74) is 2.78. The van der Waals surface area contributed by atoms with Gasteiger partial charge in [0.15, 0.2) is 5.82 Å². The van der Waals surface area contributed by atoms with Gasteiger partial charge in [-0.3, -0.25) is 9.88 Å². The fourth-order valence-corrected chi connectivity index (χ4v) is 1.52. The molecule has 18 heavy (non-hydrogen) atoms. The molecule has 0 aliphatic rings. The van der Waals surface area contributed by atoms with E-state index >= 15 is 0 Å². The Balaban J connectivity index is 2.64. The zero-order valence-electron chi connectivity index (χ0n) is 10.0. The second kappa shape index (κ2) is 6.50. The number of alkyl halides is 3. The van der Waals surface area contributed by atoms with Crippen molar-refractivity contribution in [1.29, 1.82) is 0 Å². The Morgan fingerprint density at radius 1 is 1.33 bits per heavy atom. The summed E-state index contributed by atoms with van der Waals surface area (Å²) in [6.07, 6.45) is -0.769. The maximum atomic E-state index is 12.3. The highest BCUT2D eigenvalue weighted by Gasteiger charge is 2.30. The minimum Gasteiger partial charge on any atom is -0.307 e. The van der Waals surface area contributed by atoms with Crippen molar-refractivity contribution >= 4 is 5.82 Å². The van der Waals surface area contributed by atoms with E-state index in [1.165, 1.54) is 17.3 Å². The average Bonchev–Trinajstić information content (AvgIpc) is 2.28. The fraction of sp³-hybridized carbons (Fsp3) is 0.600. The molecular formula is C10H16F3N5. The van der Waals surface area contributed by atoms with Gasteiger partial charge >= 0.3 is 6.18 Å². The van der Waals surface area contributed by atoms with E-state index in [4.69, 9.17) is 5.84 Å². The molecule has 3 N–H and O–H groups in total. The van der Waals surface area contributed by atoms with Gasteiger partial charge in [0, 0.05) is 6.54 Å². The molecule has 1 aromatic rings. The number of nitrogens with zero attached hydrogens (tertiary/aromatic N) is 3. The Morgan fingerprint density at radius 2 is 2.06 bits per heavy atom. The molecule has 0 unspecified atom stereocenters. The standard InChI is InChI=1S/C10H16F3N5/c1-2-3-18(7-10(11,12)13)6-8-4-16-9(17-14)5-15-8/h4-5H,2-3,6-7,14H2,1H3,(H,16,17). The highest BCUT2D eigenvalue weighted by Crippen LogP contribution is 2.17. The summed E-state index contributed by atoms with van der Waals surface area (Å²) in [7, 11) is 0. The smallest absolute Gasteiger partial charge is 0.307 e. The third-order valence-electron chi connectivity index (χ3n) is 2.18. The maximum Gasteiger partial charge on any atom is 0.401 e. The first-order chi connectivity index (χ1) is 8.44. The van der Waals surface area contributed by atoms with Gasteiger partial charge in [-0.2, -0.15) is 13.2 Å². The Morgan fingerprint density at radius 3 is 2.50 bits per heavy atom. The first-order valence-corrected chi connectivity index (χ1v) is 5.51. The van der Waals surface area contributed by atoms with Crippen LogP contribution in [0.1, 0.15) is 19.0 Å². The summed E-state index contributed by atoms with van der Waals surface area (Å²) in [6.45, 7) is 1.36. The lowest BCUT2D eigenvalue weighted by atomic mass is 10.3. The summed E-state index contributed by atoms with van der Waals surface area (Å²) < 4.78 is 37.0. The number of hydrazine groups is 1. The lowest BCUT2D eigenvalue weighted by Gasteiger charge is -2.22. The average molecular weight is 263 g/mol. The molecule has 1 aromatic heterocycles. The van der Waals surface area contributed by atoms with E-state index in [0.29, 0.717) is 24.5 Å². The quantitative estimate of drug-likeness (QED) is 0.602. The zero-order chi connectivity index (χ0) is 13.6. The molecule has 102 valence electrons. The second-order valence-corrected chi connectivity index (χ2v) is 3.86. The third kappa shape index (κ3) is 5.28. The highest BCUT2D eigenvalue weighted by molar-refractivity contribution is 5.28. The van der Waals surface area contributed by atoms with Crippen molar-refractivity contribution in [1.82, 2.24) is 14.9 Å². The minimum atomic E-state index is -4.21. The van der Waals surface area contributed by atoms with Gasteiger partial charge in [0.1, 0.15) is 0 Å². The number of anilines is 1. The molecule has 0 aliphatic carbocycles. The molecule has 1 heterocycles. The van der Waals surface area contributed by atoms with E-state index in [1.54, 1.807) is 0 Å². The first kappa shape index (κ1) is 14.7. The predicted molar refractivity (Wildman–Crippen MR) is 61.5 cm³/mol. The molecule has 0 spiro atoms. The maximum absolute atomic E-state index is 12.3. The van der Waals surface area contributed by atoms with E-state index in [9.17, 15) is 13.2 Å². The number of nitrogens with one attached hydrogen (secondary N) is 1. The predicted octanol–water partition coefficient (Wildman–Crippen LogP) is 1.54. The normalized spacial score (nSPS) is 11.9. The van der Waals surface area contributed by atoms with Gasteiger partial charge in [-0.25, -0.2) is 10.8 Å². The number of hydrogen-bond donors (Lipinski definition) is 2. The molecule has 0 radical (unpaired) electrons. The van der Waals surface area contributed by atoms with E-state index in [1.807, 2.05) is 6.92 Å². The molecule has 0 aromatic carbocycles. The molecule has 0 amide bonds. The van der Waals surface area contributed by atoms with Gasteiger partial charge in [-0.1, -0.05) is 6.92 Å². The van der Waals surface area contributed by atoms with Crippen LogP contribution in [-0.2, 0) is 6.54 Å². The van der Waals surface area contributed by atoms with Crippen molar-refractivity contribution in [3.05, 3.63) is 18.1 Å². The van der Waals surface area contributed by atoms with E-state index in [2.05, 4.69) is 15.4 Å². The van der Waals surface area contributed by atoms with Crippen LogP contribution in [0.25, 0.3) is 0 Å². The molecule has 0 bridgehead atoms. The van der Waals surface area contributed by atoms with Crippen LogP contribution in [0.5, 0.6) is 0 Å². The van der Waals surface area contributed by atoms with Gasteiger partial charge in [0.25, 0.3) is 0 Å². The summed E-state index contributed by atoms with van der Waals surface area (Å²) in [5, 5.41) is 0. The Kier molecular flexibility index (Phi) is 5.29. The number of nitrogens with two attached hydrogens (primary N) is 1. The van der Waals surface area contributed by atoms with Gasteiger partial charge < -0.3 is 5.43 Å². The Labute approximate surface area is 103 Å². The second-order valence-electron chi connectivity index (χ2n) is 3.86. The summed E-state index contributed by atoms with van der Waals surface area (Å²) >= 11 is 0. The number of hydrogen-bond acceptors (Lipinski definition) is 5. The highest BCUT2D eigenvalue weighted by atomic mass is 19.4. The molecule has 0 fully saturated rings. The van der Waals surface area contributed by atoms with Crippen LogP contribution < -0.4 is 11.3 Å². The molecule has 8 heteroatoms. The molecule has 0 aliphatic heterocycles.